The highest BCUT2D eigenvalue weighted by molar-refractivity contribution is 7.99. The van der Waals surface area contributed by atoms with Gasteiger partial charge in [-0.3, -0.25) is 4.79 Å². The summed E-state index contributed by atoms with van der Waals surface area (Å²) in [5.41, 5.74) is 0.952. The van der Waals surface area contributed by atoms with Gasteiger partial charge in [-0.15, -0.1) is 5.10 Å². The minimum atomic E-state index is -0.566. The Bertz CT molecular complexity index is 920. The fourth-order valence-electron chi connectivity index (χ4n) is 3.59. The first-order chi connectivity index (χ1) is 15.3. The monoisotopic (exact) mass is 460 g/mol. The number of nitrogens with zero attached hydrogens (tertiary/aromatic N) is 5. The highest BCUT2D eigenvalue weighted by atomic mass is 32.2. The summed E-state index contributed by atoms with van der Waals surface area (Å²) in [5, 5.41) is 15.6. The molecule has 0 saturated heterocycles. The molecule has 1 aliphatic rings. The number of tetrazole rings is 1. The lowest BCUT2D eigenvalue weighted by Gasteiger charge is -2.27. The van der Waals surface area contributed by atoms with Gasteiger partial charge in [0.25, 0.3) is 0 Å². The lowest BCUT2D eigenvalue weighted by atomic mass is 10.1. The topological polar surface area (TPSA) is 102 Å². The maximum Gasteiger partial charge on any atom is 0.410 e. The molecule has 0 unspecified atom stereocenters. The van der Waals surface area contributed by atoms with Gasteiger partial charge in [-0.2, -0.15) is 0 Å². The molecule has 0 aliphatic heterocycles. The molecule has 1 aliphatic carbocycles. The van der Waals surface area contributed by atoms with Crippen LogP contribution in [0, 0.1) is 0 Å². The average Bonchev–Trinajstić information content (AvgIpc) is 3.41. The van der Waals surface area contributed by atoms with Crippen LogP contribution in [-0.2, 0) is 16.1 Å². The van der Waals surface area contributed by atoms with Gasteiger partial charge < -0.3 is 15.0 Å². The molecule has 174 valence electrons. The summed E-state index contributed by atoms with van der Waals surface area (Å²) in [7, 11) is 0. The molecule has 0 radical (unpaired) electrons. The number of benzene rings is 1. The van der Waals surface area contributed by atoms with Crippen LogP contribution >= 0.6 is 11.8 Å². The van der Waals surface area contributed by atoms with Gasteiger partial charge in [0.05, 0.1) is 18.3 Å². The molecular weight excluding hydrogens is 428 g/mol. The third-order valence-electron chi connectivity index (χ3n) is 5.15. The summed E-state index contributed by atoms with van der Waals surface area (Å²) in [5.74, 6) is 0.0501. The van der Waals surface area contributed by atoms with E-state index in [2.05, 4.69) is 20.8 Å². The second-order valence-corrected chi connectivity index (χ2v) is 9.78. The molecule has 1 heterocycles. The molecule has 2 aromatic rings. The summed E-state index contributed by atoms with van der Waals surface area (Å²) >= 11 is 1.33. The molecule has 0 bridgehead atoms. The van der Waals surface area contributed by atoms with Crippen LogP contribution in [0.3, 0.4) is 0 Å². The Morgan fingerprint density at radius 2 is 1.97 bits per heavy atom. The van der Waals surface area contributed by atoms with Gasteiger partial charge in [-0.1, -0.05) is 42.8 Å². The van der Waals surface area contributed by atoms with Gasteiger partial charge in [0, 0.05) is 12.2 Å². The Morgan fingerprint density at radius 3 is 2.66 bits per heavy atom. The lowest BCUT2D eigenvalue weighted by Crippen LogP contribution is -2.36. The second-order valence-electron chi connectivity index (χ2n) is 8.83. The number of nitrogens with one attached hydrogen (secondary N) is 1. The largest absolute Gasteiger partial charge is 0.444 e. The van der Waals surface area contributed by atoms with Crippen molar-refractivity contribution < 1.29 is 14.3 Å². The standard InChI is InChI=1S/C22H32N6O3S/c1-5-27(21(30)31-22(2,3)4)14-16-10-6-9-13-18(16)23-19(29)15-32-20-24-25-26-28(20)17-11-7-8-12-17/h6,9-10,13,17H,5,7-8,11-12,14-15H2,1-4H3,(H,23,29). The molecule has 1 aromatic carbocycles. The molecule has 0 spiro atoms. The molecule has 3 rings (SSSR count). The Morgan fingerprint density at radius 1 is 1.25 bits per heavy atom. The molecular formula is C22H32N6O3S. The first-order valence-electron chi connectivity index (χ1n) is 11.0. The molecule has 1 saturated carbocycles. The fourth-order valence-corrected chi connectivity index (χ4v) is 4.34. The van der Waals surface area contributed by atoms with E-state index in [0.717, 1.165) is 18.4 Å². The van der Waals surface area contributed by atoms with E-state index < -0.39 is 5.60 Å². The number of ether oxygens (including phenoxy) is 1. The summed E-state index contributed by atoms with van der Waals surface area (Å²) < 4.78 is 7.34. The normalized spacial score (nSPS) is 14.4. The van der Waals surface area contributed by atoms with E-state index >= 15 is 0 Å². The third-order valence-corrected chi connectivity index (χ3v) is 6.09. The summed E-state index contributed by atoms with van der Waals surface area (Å²) in [6.07, 6.45) is 4.14. The maximum atomic E-state index is 12.7. The Labute approximate surface area is 193 Å². The van der Waals surface area contributed by atoms with Crippen LogP contribution in [0.2, 0.25) is 0 Å². The van der Waals surface area contributed by atoms with Gasteiger partial charge >= 0.3 is 6.09 Å². The second kappa shape index (κ2) is 10.8. The fraction of sp³-hybridized carbons (Fsp3) is 0.591. The van der Waals surface area contributed by atoms with E-state index in [-0.39, 0.29) is 17.8 Å². The van der Waals surface area contributed by atoms with Gasteiger partial charge in [-0.05, 0) is 62.6 Å². The molecule has 32 heavy (non-hydrogen) atoms. The Kier molecular flexibility index (Phi) is 8.11. The zero-order valence-electron chi connectivity index (χ0n) is 19.2. The Hall–Kier alpha value is -2.62. The van der Waals surface area contributed by atoms with Crippen molar-refractivity contribution in [3.8, 4) is 0 Å². The SMILES string of the molecule is CCN(Cc1ccccc1NC(=O)CSc1nnnn1C1CCCC1)C(=O)OC(C)(C)C. The summed E-state index contributed by atoms with van der Waals surface area (Å²) in [6, 6.07) is 7.80. The van der Waals surface area contributed by atoms with Gasteiger partial charge in [0.1, 0.15) is 5.60 Å². The lowest BCUT2D eigenvalue weighted by molar-refractivity contribution is -0.113. The number of hydrogen-bond acceptors (Lipinski definition) is 7. The van der Waals surface area contributed by atoms with Crippen molar-refractivity contribution in [1.82, 2.24) is 25.1 Å². The molecule has 1 fully saturated rings. The van der Waals surface area contributed by atoms with E-state index in [1.165, 1.54) is 24.6 Å². The van der Waals surface area contributed by atoms with Crippen LogP contribution in [0.15, 0.2) is 29.4 Å². The van der Waals surface area contributed by atoms with Crippen molar-refractivity contribution in [2.45, 2.75) is 76.7 Å². The zero-order valence-corrected chi connectivity index (χ0v) is 20.0. The number of hydrogen-bond donors (Lipinski definition) is 1. The zero-order chi connectivity index (χ0) is 23.1. The first-order valence-corrected chi connectivity index (χ1v) is 12.0. The highest BCUT2D eigenvalue weighted by Gasteiger charge is 2.23. The van der Waals surface area contributed by atoms with Crippen LogP contribution in [0.1, 0.15) is 65.0 Å². The van der Waals surface area contributed by atoms with Crippen LogP contribution in [0.4, 0.5) is 10.5 Å². The highest BCUT2D eigenvalue weighted by Crippen LogP contribution is 2.31. The number of para-hydroxylation sites is 1. The van der Waals surface area contributed by atoms with Crippen molar-refractivity contribution in [2.75, 3.05) is 17.6 Å². The quantitative estimate of drug-likeness (QED) is 0.587. The van der Waals surface area contributed by atoms with Gasteiger partial charge in [-0.25, -0.2) is 9.48 Å². The summed E-state index contributed by atoms with van der Waals surface area (Å²) in [6.45, 7) is 8.26. The molecule has 0 atom stereocenters. The third kappa shape index (κ3) is 6.69. The van der Waals surface area contributed by atoms with E-state index in [9.17, 15) is 9.59 Å². The number of carbonyl (C=O) groups excluding carboxylic acids is 2. The minimum absolute atomic E-state index is 0.149. The van der Waals surface area contributed by atoms with Crippen molar-refractivity contribution in [3.63, 3.8) is 0 Å². The van der Waals surface area contributed by atoms with Crippen LogP contribution in [0.25, 0.3) is 0 Å². The number of aromatic nitrogens is 4. The molecule has 10 heteroatoms. The minimum Gasteiger partial charge on any atom is -0.444 e. The van der Waals surface area contributed by atoms with E-state index in [4.69, 9.17) is 4.74 Å². The van der Waals surface area contributed by atoms with Crippen molar-refractivity contribution in [2.24, 2.45) is 0 Å². The average molecular weight is 461 g/mol. The number of anilines is 1. The summed E-state index contributed by atoms with van der Waals surface area (Å²) in [4.78, 5) is 26.8. The van der Waals surface area contributed by atoms with E-state index in [1.54, 1.807) is 4.90 Å². The number of rotatable bonds is 8. The van der Waals surface area contributed by atoms with Crippen molar-refractivity contribution in [1.29, 1.82) is 0 Å². The van der Waals surface area contributed by atoms with Gasteiger partial charge in [0.2, 0.25) is 11.1 Å². The van der Waals surface area contributed by atoms with Gasteiger partial charge in [0.15, 0.2) is 0 Å². The molecule has 1 aromatic heterocycles. The van der Waals surface area contributed by atoms with E-state index in [0.29, 0.717) is 30.0 Å². The predicted octanol–water partition coefficient (Wildman–Crippen LogP) is 4.28. The number of amides is 2. The maximum absolute atomic E-state index is 12.7. The van der Waals surface area contributed by atoms with Crippen LogP contribution < -0.4 is 5.32 Å². The molecule has 2 amide bonds. The first kappa shape index (κ1) is 24.0. The van der Waals surface area contributed by atoms with Crippen molar-refractivity contribution >= 4 is 29.4 Å². The Balaban J connectivity index is 1.60. The smallest absolute Gasteiger partial charge is 0.410 e. The number of thioether (sulfide) groups is 1. The van der Waals surface area contributed by atoms with Crippen LogP contribution in [0.5, 0.6) is 0 Å². The number of carbonyl (C=O) groups is 2. The predicted molar refractivity (Wildman–Crippen MR) is 123 cm³/mol. The molecule has 1 N–H and O–H groups in total. The van der Waals surface area contributed by atoms with Crippen molar-refractivity contribution in [3.05, 3.63) is 29.8 Å². The molecule has 9 nitrogen and oxygen atoms in total. The van der Waals surface area contributed by atoms with Crippen LogP contribution in [-0.4, -0.2) is 55.0 Å². The van der Waals surface area contributed by atoms with E-state index in [1.807, 2.05) is 56.6 Å².